The smallest absolute Gasteiger partial charge is 0.252 e. The molecule has 0 saturated heterocycles. The summed E-state index contributed by atoms with van der Waals surface area (Å²) in [5.74, 6) is -1.54. The second-order valence-corrected chi connectivity index (χ2v) is 12.7. The Morgan fingerprint density at radius 1 is 1.10 bits per heavy atom. The number of nitrogens with one attached hydrogen (secondary N) is 3. The Bertz CT molecular complexity index is 1570. The molecule has 0 fully saturated rings. The van der Waals surface area contributed by atoms with Gasteiger partial charge in [0.15, 0.2) is 0 Å². The lowest BCUT2D eigenvalue weighted by atomic mass is 10.0. The van der Waals surface area contributed by atoms with E-state index in [0.717, 1.165) is 0 Å². The van der Waals surface area contributed by atoms with Crippen LogP contribution in [-0.2, 0) is 33.8 Å². The number of aryl methyl sites for hydroxylation is 2. The molecule has 2 aliphatic heterocycles. The van der Waals surface area contributed by atoms with E-state index < -0.39 is 35.9 Å². The Morgan fingerprint density at radius 3 is 2.63 bits per heavy atom. The Balaban J connectivity index is 1.54. The number of nitrogens with zero attached hydrogens (tertiary/aromatic N) is 6. The van der Waals surface area contributed by atoms with Crippen molar-refractivity contribution in [1.29, 1.82) is 0 Å². The fraction of sp³-hybridized carbons (Fsp3) is 0.515. The van der Waals surface area contributed by atoms with Crippen molar-refractivity contribution in [3.8, 4) is 5.75 Å². The molecule has 3 atom stereocenters. The number of carbonyl (C=O) groups excluding carboxylic acids is 4. The molecule has 15 nitrogen and oxygen atoms in total. The molecule has 49 heavy (non-hydrogen) atoms. The molecule has 0 aliphatic carbocycles. The topological polar surface area (TPSA) is 194 Å². The summed E-state index contributed by atoms with van der Waals surface area (Å²) in [7, 11) is 0. The number of fused-ring (bicyclic) bond motifs is 17. The lowest BCUT2D eigenvalue weighted by molar-refractivity contribution is -0.132. The van der Waals surface area contributed by atoms with Crippen LogP contribution in [0.15, 0.2) is 43.0 Å². The molecule has 264 valence electrons. The van der Waals surface area contributed by atoms with Gasteiger partial charge < -0.3 is 30.7 Å². The normalized spacial score (nSPS) is 19.3. The molecular formula is C33H44ClN9O6. The fourth-order valence-corrected chi connectivity index (χ4v) is 5.46. The number of halogens is 1. The summed E-state index contributed by atoms with van der Waals surface area (Å²) in [6, 6.07) is 2.18. The Morgan fingerprint density at radius 2 is 1.92 bits per heavy atom. The number of aliphatic hydroxyl groups excluding tert-OH is 1. The zero-order valence-electron chi connectivity index (χ0n) is 28.0. The summed E-state index contributed by atoms with van der Waals surface area (Å²) in [4.78, 5) is 63.2. The highest BCUT2D eigenvalue weighted by Crippen LogP contribution is 2.26. The van der Waals surface area contributed by atoms with Crippen molar-refractivity contribution >= 4 is 35.2 Å². The first-order valence-electron chi connectivity index (χ1n) is 16.4. The van der Waals surface area contributed by atoms with Crippen LogP contribution in [0.4, 0.5) is 0 Å². The summed E-state index contributed by atoms with van der Waals surface area (Å²) in [5.41, 5.74) is 1.56. The van der Waals surface area contributed by atoms with Gasteiger partial charge in [0.1, 0.15) is 17.8 Å². The summed E-state index contributed by atoms with van der Waals surface area (Å²) < 4.78 is 7.52. The van der Waals surface area contributed by atoms with Crippen LogP contribution in [0.2, 0.25) is 5.02 Å². The third-order valence-electron chi connectivity index (χ3n) is 7.84. The van der Waals surface area contributed by atoms with Crippen molar-refractivity contribution in [3.63, 3.8) is 0 Å². The Hall–Kier alpha value is -4.63. The predicted octanol–water partition coefficient (Wildman–Crippen LogP) is 1.33. The minimum Gasteiger partial charge on any atom is -0.492 e. The molecule has 3 aromatic rings. The van der Waals surface area contributed by atoms with E-state index in [1.807, 2.05) is 20.0 Å². The van der Waals surface area contributed by atoms with Gasteiger partial charge in [-0.05, 0) is 43.9 Å². The summed E-state index contributed by atoms with van der Waals surface area (Å²) >= 11 is 6.40. The van der Waals surface area contributed by atoms with Gasteiger partial charge in [-0.25, -0.2) is 0 Å². The highest BCUT2D eigenvalue weighted by atomic mass is 35.5. The monoisotopic (exact) mass is 697 g/mol. The number of rotatable bonds is 6. The van der Waals surface area contributed by atoms with E-state index in [1.165, 1.54) is 19.1 Å². The quantitative estimate of drug-likeness (QED) is 0.273. The van der Waals surface area contributed by atoms with Gasteiger partial charge in [-0.2, -0.15) is 0 Å². The van der Waals surface area contributed by atoms with Crippen molar-refractivity contribution < 1.29 is 29.0 Å². The fourth-order valence-electron chi connectivity index (χ4n) is 5.22. The first kappa shape index (κ1) is 37.2. The number of benzene rings is 1. The molecule has 2 aliphatic rings. The zero-order chi connectivity index (χ0) is 35.3. The van der Waals surface area contributed by atoms with Crippen molar-refractivity contribution in [2.75, 3.05) is 26.2 Å². The van der Waals surface area contributed by atoms with Gasteiger partial charge in [0, 0.05) is 75.8 Å². The van der Waals surface area contributed by atoms with Crippen LogP contribution in [0.3, 0.4) is 0 Å². The van der Waals surface area contributed by atoms with Crippen molar-refractivity contribution in [3.05, 3.63) is 65.0 Å². The van der Waals surface area contributed by atoms with Gasteiger partial charge >= 0.3 is 0 Å². The molecule has 4 heterocycles. The molecule has 4 N–H and O–H groups in total. The zero-order valence-corrected chi connectivity index (χ0v) is 28.7. The van der Waals surface area contributed by atoms with Crippen molar-refractivity contribution in [1.82, 2.24) is 45.8 Å². The maximum atomic E-state index is 13.4. The average molecular weight is 698 g/mol. The molecule has 4 bridgehead atoms. The highest BCUT2D eigenvalue weighted by molar-refractivity contribution is 6.32. The van der Waals surface area contributed by atoms with Gasteiger partial charge in [-0.1, -0.05) is 30.7 Å². The molecule has 1 aromatic carbocycles. The van der Waals surface area contributed by atoms with Crippen molar-refractivity contribution in [2.45, 2.75) is 77.6 Å². The average Bonchev–Trinajstić information content (AvgIpc) is 3.53. The molecule has 5 rings (SSSR count). The number of amides is 4. The van der Waals surface area contributed by atoms with Crippen LogP contribution in [0, 0.1) is 5.92 Å². The number of aromatic nitrogens is 5. The first-order chi connectivity index (χ1) is 23.5. The van der Waals surface area contributed by atoms with Crippen molar-refractivity contribution in [2.24, 2.45) is 5.92 Å². The maximum absolute atomic E-state index is 13.4. The van der Waals surface area contributed by atoms with Crippen LogP contribution in [0.1, 0.15) is 61.8 Å². The van der Waals surface area contributed by atoms with Crippen LogP contribution in [0.5, 0.6) is 5.75 Å². The minimum atomic E-state index is -1.35. The van der Waals surface area contributed by atoms with Crippen LogP contribution < -0.4 is 20.7 Å². The van der Waals surface area contributed by atoms with E-state index in [1.54, 1.807) is 34.2 Å². The van der Waals surface area contributed by atoms with Crippen LogP contribution >= 0.6 is 11.6 Å². The summed E-state index contributed by atoms with van der Waals surface area (Å²) in [6.07, 6.45) is 7.26. The number of carbonyl (C=O) groups is 4. The minimum absolute atomic E-state index is 0.0259. The molecule has 2 aromatic heterocycles. The Labute approximate surface area is 290 Å². The molecule has 0 spiro atoms. The molecule has 0 unspecified atom stereocenters. The van der Waals surface area contributed by atoms with E-state index in [2.05, 4.69) is 36.2 Å². The van der Waals surface area contributed by atoms with Gasteiger partial charge in [-0.15, -0.1) is 5.10 Å². The SMILES string of the molecule is CC(C)C[C@H]1NC(=O)[C@H]([C@@H](C)O)NC(=O)c2ccc(c(Cl)c2)OCCCn2cc(nn2)CCN(C(=O)CCc2cnccn2)CCNC1=O. The standard InChI is InChI=1S/C33H44ClN9O6/c1-21(2)17-27-32(47)37-12-15-42(29(45)8-6-24-19-35-10-11-36-24)14-9-25-20-43(41-40-25)13-4-16-49-28-7-5-23(18-26(28)34)31(46)39-30(22(3)44)33(48)38-27/h5,7,10-11,18-22,27,30,44H,4,6,8-9,12-17H2,1-3H3,(H,37,47)(H,38,48)(H,39,46)/t22-,27-,30+/m1/s1. The number of hydrogen-bond acceptors (Lipinski definition) is 10. The highest BCUT2D eigenvalue weighted by Gasteiger charge is 2.31. The second kappa shape index (κ2) is 18.2. The van der Waals surface area contributed by atoms with Gasteiger partial charge in [0.2, 0.25) is 17.7 Å². The Kier molecular flexibility index (Phi) is 13.8. The maximum Gasteiger partial charge on any atom is 0.252 e. The van der Waals surface area contributed by atoms with E-state index >= 15 is 0 Å². The van der Waals surface area contributed by atoms with E-state index in [0.29, 0.717) is 62.5 Å². The molecular weight excluding hydrogens is 654 g/mol. The molecule has 4 amide bonds. The van der Waals surface area contributed by atoms with Gasteiger partial charge in [0.25, 0.3) is 5.91 Å². The molecule has 0 saturated carbocycles. The third-order valence-corrected chi connectivity index (χ3v) is 8.14. The third kappa shape index (κ3) is 11.5. The van der Waals surface area contributed by atoms with E-state index in [4.69, 9.17) is 16.3 Å². The van der Waals surface area contributed by atoms with Crippen LogP contribution in [-0.4, -0.2) is 103 Å². The lowest BCUT2D eigenvalue weighted by Crippen LogP contribution is -2.57. The van der Waals surface area contributed by atoms with E-state index in [-0.39, 0.29) is 41.9 Å². The van der Waals surface area contributed by atoms with Crippen LogP contribution in [0.25, 0.3) is 0 Å². The number of aliphatic hydroxyl groups is 1. The molecule has 0 radical (unpaired) electrons. The number of hydrogen-bond donors (Lipinski definition) is 4. The van der Waals surface area contributed by atoms with Gasteiger partial charge in [0.05, 0.1) is 29.1 Å². The second-order valence-electron chi connectivity index (χ2n) is 12.3. The summed E-state index contributed by atoms with van der Waals surface area (Å²) in [6.45, 7) is 6.71. The molecule has 16 heteroatoms. The van der Waals surface area contributed by atoms with E-state index in [9.17, 15) is 24.3 Å². The lowest BCUT2D eigenvalue weighted by Gasteiger charge is -2.26. The predicted molar refractivity (Wildman–Crippen MR) is 180 cm³/mol. The first-order valence-corrected chi connectivity index (χ1v) is 16.8. The number of ether oxygens (including phenoxy) is 1. The largest absolute Gasteiger partial charge is 0.492 e. The van der Waals surface area contributed by atoms with Gasteiger partial charge in [-0.3, -0.25) is 33.8 Å². The summed E-state index contributed by atoms with van der Waals surface area (Å²) in [5, 5.41) is 27.2.